The second-order valence-electron chi connectivity index (χ2n) is 3.92. The Morgan fingerprint density at radius 2 is 1.38 bits per heavy atom. The molecule has 0 aliphatic rings. The first-order valence-electron chi connectivity index (χ1n) is 5.91. The van der Waals surface area contributed by atoms with Crippen LogP contribution >= 0.6 is 12.2 Å². The van der Waals surface area contributed by atoms with E-state index in [1.54, 1.807) is 0 Å². The number of nitrogens with two attached hydrogens (primary N) is 2. The van der Waals surface area contributed by atoms with E-state index < -0.39 is 11.8 Å². The third kappa shape index (κ3) is 15.4. The molecule has 15 heteroatoms. The van der Waals surface area contributed by atoms with Crippen molar-refractivity contribution in [2.24, 2.45) is 11.7 Å². The summed E-state index contributed by atoms with van der Waals surface area (Å²) in [6.07, 6.45) is 0. The zero-order valence-corrected chi connectivity index (χ0v) is 18.2. The van der Waals surface area contributed by atoms with Crippen molar-refractivity contribution in [3.63, 3.8) is 0 Å². The maximum absolute atomic E-state index is 11.3. The SMILES string of the molecule is NNC(=O)CN(CC(=O)NN)NC(=S)Nc1ccccc1.O.O.[Br-].[Br-].[Ni+2]. The Morgan fingerprint density at radius 1 is 0.962 bits per heavy atom. The summed E-state index contributed by atoms with van der Waals surface area (Å²) in [6.45, 7) is -0.360. The van der Waals surface area contributed by atoms with E-state index in [-0.39, 0.29) is 79.6 Å². The fourth-order valence-electron chi connectivity index (χ4n) is 1.40. The number of amides is 2. The molecule has 0 aliphatic heterocycles. The third-order valence-electron chi connectivity index (χ3n) is 2.28. The van der Waals surface area contributed by atoms with Crippen LogP contribution in [0.15, 0.2) is 30.3 Å². The number of nitrogens with one attached hydrogen (secondary N) is 4. The number of hydrogen-bond donors (Lipinski definition) is 6. The number of hydrazine groups is 3. The first-order chi connectivity index (χ1) is 10.0. The maximum atomic E-state index is 11.3. The van der Waals surface area contributed by atoms with Crippen LogP contribution in [0.1, 0.15) is 0 Å². The molecule has 2 amide bonds. The van der Waals surface area contributed by atoms with Gasteiger partial charge in [-0.2, -0.15) is 0 Å². The fraction of sp³-hybridized carbons (Fsp3) is 0.182. The summed E-state index contributed by atoms with van der Waals surface area (Å²) >= 11 is 5.10. The van der Waals surface area contributed by atoms with Crippen LogP contribution in [0.2, 0.25) is 0 Å². The summed E-state index contributed by atoms with van der Waals surface area (Å²) in [4.78, 5) is 22.6. The Kier molecular flexibility index (Phi) is 28.3. The standard InChI is InChI=1S/C11H17N7O2S.2BrH.Ni.2H2O/c12-15-9(19)6-18(7-10(20)16-13)17-11(21)14-8-4-2-1-3-5-8;;;;;/h1-5H,6-7,12-13H2,(H,15,19)(H,16,20)(H2,14,17,21);2*1H;;2*1H2/q;;;+2;;/p-2. The van der Waals surface area contributed by atoms with Gasteiger partial charge in [-0.1, -0.05) is 18.2 Å². The van der Waals surface area contributed by atoms with Crippen LogP contribution in [0.5, 0.6) is 0 Å². The molecule has 12 N–H and O–H groups in total. The van der Waals surface area contributed by atoms with Gasteiger partial charge in [0.05, 0.1) is 13.1 Å². The van der Waals surface area contributed by atoms with Crippen LogP contribution in [-0.4, -0.2) is 46.0 Å². The van der Waals surface area contributed by atoms with Crippen molar-refractivity contribution in [3.05, 3.63) is 30.3 Å². The van der Waals surface area contributed by atoms with Gasteiger partial charge in [0.1, 0.15) is 0 Å². The van der Waals surface area contributed by atoms with Crippen LogP contribution in [0.3, 0.4) is 0 Å². The summed E-state index contributed by atoms with van der Waals surface area (Å²) in [7, 11) is 0. The topological polar surface area (TPSA) is 201 Å². The quantitative estimate of drug-likeness (QED) is 0.0641. The molecule has 0 spiro atoms. The number of nitrogens with zero attached hydrogens (tertiary/aromatic N) is 1. The van der Waals surface area contributed by atoms with E-state index in [2.05, 4.69) is 10.7 Å². The van der Waals surface area contributed by atoms with Crippen LogP contribution in [0.25, 0.3) is 0 Å². The average molecular weight is 566 g/mol. The Bertz CT molecular complexity index is 501. The van der Waals surface area contributed by atoms with Gasteiger partial charge in [-0.05, 0) is 24.4 Å². The van der Waals surface area contributed by atoms with E-state index in [1.165, 1.54) is 5.01 Å². The number of carbonyl (C=O) groups is 2. The molecule has 26 heavy (non-hydrogen) atoms. The first kappa shape index (κ1) is 36.1. The van der Waals surface area contributed by atoms with Gasteiger partial charge in [-0.15, -0.1) is 0 Å². The molecule has 0 saturated heterocycles. The van der Waals surface area contributed by atoms with Gasteiger partial charge in [0.15, 0.2) is 5.11 Å². The Labute approximate surface area is 187 Å². The summed E-state index contributed by atoms with van der Waals surface area (Å²) in [6, 6.07) is 9.18. The van der Waals surface area contributed by atoms with E-state index in [0.717, 1.165) is 5.69 Å². The zero-order valence-electron chi connectivity index (χ0n) is 13.2. The van der Waals surface area contributed by atoms with Crippen molar-refractivity contribution in [3.8, 4) is 0 Å². The second-order valence-corrected chi connectivity index (χ2v) is 4.33. The molecule has 0 heterocycles. The molecule has 0 aromatic heterocycles. The molecular weight excluding hydrogens is 545 g/mol. The predicted octanol–water partition coefficient (Wildman–Crippen LogP) is -9.47. The normalized spacial score (nSPS) is 7.96. The minimum atomic E-state index is -0.491. The smallest absolute Gasteiger partial charge is 1.00 e. The molecular formula is C11H21Br2N7NiO4S. The van der Waals surface area contributed by atoms with Gasteiger partial charge in [0, 0.05) is 5.69 Å². The van der Waals surface area contributed by atoms with Crippen molar-refractivity contribution >= 4 is 34.8 Å². The summed E-state index contributed by atoms with van der Waals surface area (Å²) in [5.74, 6) is 9.04. The van der Waals surface area contributed by atoms with Crippen molar-refractivity contribution in [1.29, 1.82) is 0 Å². The van der Waals surface area contributed by atoms with Crippen molar-refractivity contribution in [1.82, 2.24) is 21.3 Å². The molecule has 0 atom stereocenters. The Morgan fingerprint density at radius 3 is 1.77 bits per heavy atom. The molecule has 1 aromatic carbocycles. The molecule has 154 valence electrons. The van der Waals surface area contributed by atoms with Crippen LogP contribution in [0, 0.1) is 0 Å². The maximum Gasteiger partial charge on any atom is 2.00 e. The van der Waals surface area contributed by atoms with Gasteiger partial charge < -0.3 is 50.2 Å². The minimum absolute atomic E-state index is 0. The van der Waals surface area contributed by atoms with Gasteiger partial charge in [-0.3, -0.25) is 25.9 Å². The molecule has 0 unspecified atom stereocenters. The number of hydrogen-bond acceptors (Lipinski definition) is 6. The van der Waals surface area contributed by atoms with E-state index >= 15 is 0 Å². The summed E-state index contributed by atoms with van der Waals surface area (Å²) in [5, 5.41) is 4.39. The van der Waals surface area contributed by atoms with Crippen LogP contribution in [0.4, 0.5) is 5.69 Å². The van der Waals surface area contributed by atoms with Crippen LogP contribution < -0.4 is 67.2 Å². The van der Waals surface area contributed by atoms with Gasteiger partial charge in [-0.25, -0.2) is 16.7 Å². The predicted molar refractivity (Wildman–Crippen MR) is 89.3 cm³/mol. The van der Waals surface area contributed by atoms with Crippen LogP contribution in [-0.2, 0) is 26.1 Å². The molecule has 0 aliphatic carbocycles. The molecule has 1 rings (SSSR count). The van der Waals surface area contributed by atoms with Crippen molar-refractivity contribution < 1.29 is 71.0 Å². The number of benzene rings is 1. The monoisotopic (exact) mass is 563 g/mol. The van der Waals surface area contributed by atoms with Gasteiger partial charge >= 0.3 is 16.5 Å². The second kappa shape index (κ2) is 20.4. The Balaban J connectivity index is -0.000000294. The average Bonchev–Trinajstić information content (AvgIpc) is 2.47. The summed E-state index contributed by atoms with van der Waals surface area (Å²) < 4.78 is 0. The van der Waals surface area contributed by atoms with Gasteiger partial charge in [0.25, 0.3) is 0 Å². The molecule has 0 radical (unpaired) electrons. The number of anilines is 1. The minimum Gasteiger partial charge on any atom is -1.00 e. The first-order valence-corrected chi connectivity index (χ1v) is 6.32. The molecule has 0 fully saturated rings. The van der Waals surface area contributed by atoms with E-state index in [0.29, 0.717) is 0 Å². The number of rotatable bonds is 6. The van der Waals surface area contributed by atoms with Gasteiger partial charge in [0.2, 0.25) is 11.8 Å². The number of halogens is 2. The molecule has 1 aromatic rings. The molecule has 11 nitrogen and oxygen atoms in total. The number of carbonyl (C=O) groups excluding carboxylic acids is 2. The summed E-state index contributed by atoms with van der Waals surface area (Å²) in [5.41, 5.74) is 7.41. The van der Waals surface area contributed by atoms with E-state index in [1.807, 2.05) is 41.2 Å². The third-order valence-corrected chi connectivity index (χ3v) is 2.48. The van der Waals surface area contributed by atoms with E-state index in [9.17, 15) is 9.59 Å². The number of thiocarbonyl (C=S) groups is 1. The number of para-hydroxylation sites is 1. The zero-order chi connectivity index (χ0) is 15.7. The largest absolute Gasteiger partial charge is 2.00 e. The molecule has 0 bridgehead atoms. The fourth-order valence-corrected chi connectivity index (χ4v) is 1.64. The van der Waals surface area contributed by atoms with E-state index in [4.69, 9.17) is 23.9 Å². The van der Waals surface area contributed by atoms with Crippen molar-refractivity contribution in [2.45, 2.75) is 0 Å². The van der Waals surface area contributed by atoms with Crippen molar-refractivity contribution in [2.75, 3.05) is 18.4 Å². The Hall–Kier alpha value is -0.896. The molecule has 0 saturated carbocycles.